The normalized spacial score (nSPS) is 19.2. The number of hydrogen-bond donors (Lipinski definition) is 0. The summed E-state index contributed by atoms with van der Waals surface area (Å²) in [6.07, 6.45) is 3.18. The fourth-order valence-corrected chi connectivity index (χ4v) is 3.10. The van der Waals surface area contributed by atoms with Gasteiger partial charge in [0, 0.05) is 18.1 Å². The van der Waals surface area contributed by atoms with Crippen molar-refractivity contribution in [3.8, 4) is 0 Å². The van der Waals surface area contributed by atoms with Gasteiger partial charge < -0.3 is 0 Å². The maximum atomic E-state index is 12.2. The van der Waals surface area contributed by atoms with E-state index in [1.807, 2.05) is 16.4 Å². The third-order valence-electron chi connectivity index (χ3n) is 2.55. The Morgan fingerprint density at radius 3 is 2.62 bits per heavy atom. The first-order valence-electron chi connectivity index (χ1n) is 5.25. The maximum absolute atomic E-state index is 12.2. The molecular formula is C12H14ClNOS. The highest BCUT2D eigenvalue weighted by atomic mass is 35.5. The van der Waals surface area contributed by atoms with E-state index in [9.17, 15) is 4.21 Å². The van der Waals surface area contributed by atoms with E-state index in [0.29, 0.717) is 5.02 Å². The average Bonchev–Trinajstić information content (AvgIpc) is 2.29. The Bertz CT molecular complexity index is 427. The van der Waals surface area contributed by atoms with Crippen molar-refractivity contribution < 1.29 is 4.21 Å². The lowest BCUT2D eigenvalue weighted by Crippen LogP contribution is -2.31. The summed E-state index contributed by atoms with van der Waals surface area (Å²) in [6.45, 7) is 3.72. The summed E-state index contributed by atoms with van der Waals surface area (Å²) < 4.78 is 14.2. The van der Waals surface area contributed by atoms with Gasteiger partial charge in [-0.1, -0.05) is 23.3 Å². The van der Waals surface area contributed by atoms with Crippen molar-refractivity contribution in [1.29, 1.82) is 0 Å². The molecule has 1 aromatic carbocycles. The molecule has 0 aromatic heterocycles. The summed E-state index contributed by atoms with van der Waals surface area (Å²) in [5, 5.41) is 0.676. The highest BCUT2D eigenvalue weighted by molar-refractivity contribution is 7.82. The molecule has 0 saturated carbocycles. The molecule has 86 valence electrons. The third kappa shape index (κ3) is 2.73. The van der Waals surface area contributed by atoms with Crippen LogP contribution in [-0.4, -0.2) is 21.6 Å². The van der Waals surface area contributed by atoms with Crippen molar-refractivity contribution >= 4 is 22.6 Å². The van der Waals surface area contributed by atoms with Crippen molar-refractivity contribution in [2.24, 2.45) is 0 Å². The molecule has 1 atom stereocenters. The lowest BCUT2D eigenvalue weighted by atomic mass is 10.2. The molecule has 0 fully saturated rings. The average molecular weight is 256 g/mol. The molecule has 0 bridgehead atoms. The van der Waals surface area contributed by atoms with Crippen molar-refractivity contribution in [1.82, 2.24) is 4.31 Å². The first kappa shape index (κ1) is 11.8. The smallest absolute Gasteiger partial charge is 0.127 e. The molecule has 0 N–H and O–H groups in total. The van der Waals surface area contributed by atoms with Gasteiger partial charge in [0.05, 0.1) is 4.90 Å². The zero-order chi connectivity index (χ0) is 11.5. The van der Waals surface area contributed by atoms with Crippen molar-refractivity contribution in [2.75, 3.05) is 13.1 Å². The second-order valence-corrected chi connectivity index (χ2v) is 5.83. The van der Waals surface area contributed by atoms with Gasteiger partial charge >= 0.3 is 0 Å². The highest BCUT2D eigenvalue weighted by Gasteiger charge is 2.17. The summed E-state index contributed by atoms with van der Waals surface area (Å²) in [6, 6.07) is 7.21. The summed E-state index contributed by atoms with van der Waals surface area (Å²) in [4.78, 5) is 0.819. The zero-order valence-electron chi connectivity index (χ0n) is 9.15. The molecule has 1 heterocycles. The van der Waals surface area contributed by atoms with E-state index in [1.165, 1.54) is 5.57 Å². The number of rotatable bonds is 2. The Morgan fingerprint density at radius 1 is 1.31 bits per heavy atom. The predicted octanol–water partition coefficient (Wildman–Crippen LogP) is 3.01. The van der Waals surface area contributed by atoms with Gasteiger partial charge in [0.15, 0.2) is 0 Å². The second-order valence-electron chi connectivity index (χ2n) is 3.91. The summed E-state index contributed by atoms with van der Waals surface area (Å²) in [5.41, 5.74) is 1.29. The highest BCUT2D eigenvalue weighted by Crippen LogP contribution is 2.18. The van der Waals surface area contributed by atoms with Crippen LogP contribution in [-0.2, 0) is 11.0 Å². The largest absolute Gasteiger partial charge is 0.237 e. The van der Waals surface area contributed by atoms with Gasteiger partial charge in [-0.3, -0.25) is 0 Å². The van der Waals surface area contributed by atoms with Crippen LogP contribution in [0.4, 0.5) is 0 Å². The summed E-state index contributed by atoms with van der Waals surface area (Å²) >= 11 is 5.80. The molecule has 0 saturated heterocycles. The molecule has 0 aliphatic carbocycles. The topological polar surface area (TPSA) is 20.3 Å². The Labute approximate surface area is 103 Å². The Kier molecular flexibility index (Phi) is 3.79. The third-order valence-corrected chi connectivity index (χ3v) is 4.25. The molecular weight excluding hydrogens is 242 g/mol. The van der Waals surface area contributed by atoms with E-state index in [1.54, 1.807) is 12.1 Å². The van der Waals surface area contributed by atoms with Gasteiger partial charge in [-0.05, 0) is 37.6 Å². The van der Waals surface area contributed by atoms with Crippen LogP contribution in [0, 0.1) is 0 Å². The lowest BCUT2D eigenvalue weighted by molar-refractivity contribution is 0.465. The molecule has 16 heavy (non-hydrogen) atoms. The SMILES string of the molecule is CC1=CCCN(S(=O)c2ccc(Cl)cc2)C1. The minimum atomic E-state index is -1.06. The first-order chi connectivity index (χ1) is 7.66. The van der Waals surface area contributed by atoms with Crippen LogP contribution in [0.25, 0.3) is 0 Å². The number of benzene rings is 1. The fraction of sp³-hybridized carbons (Fsp3) is 0.333. The standard InChI is InChI=1S/C12H14ClNOS/c1-10-3-2-8-14(9-10)16(15)12-6-4-11(13)5-7-12/h3-7H,2,8-9H2,1H3. The Balaban J connectivity index is 2.13. The van der Waals surface area contributed by atoms with Gasteiger partial charge in [0.25, 0.3) is 0 Å². The van der Waals surface area contributed by atoms with Gasteiger partial charge in [-0.15, -0.1) is 0 Å². The molecule has 1 aromatic rings. The van der Waals surface area contributed by atoms with E-state index >= 15 is 0 Å². The molecule has 0 radical (unpaired) electrons. The molecule has 2 rings (SSSR count). The van der Waals surface area contributed by atoms with Gasteiger partial charge in [-0.25, -0.2) is 8.51 Å². The van der Waals surface area contributed by atoms with Crippen LogP contribution >= 0.6 is 11.6 Å². The van der Waals surface area contributed by atoms with E-state index < -0.39 is 11.0 Å². The van der Waals surface area contributed by atoms with Crippen LogP contribution in [0.5, 0.6) is 0 Å². The van der Waals surface area contributed by atoms with Crippen LogP contribution in [0.1, 0.15) is 13.3 Å². The molecule has 0 amide bonds. The predicted molar refractivity (Wildman–Crippen MR) is 67.8 cm³/mol. The summed E-state index contributed by atoms with van der Waals surface area (Å²) in [7, 11) is -1.06. The number of nitrogens with zero attached hydrogens (tertiary/aromatic N) is 1. The lowest BCUT2D eigenvalue weighted by Gasteiger charge is -2.24. The number of halogens is 1. The van der Waals surface area contributed by atoms with Crippen molar-refractivity contribution in [2.45, 2.75) is 18.2 Å². The van der Waals surface area contributed by atoms with Gasteiger partial charge in [0.2, 0.25) is 0 Å². The molecule has 2 nitrogen and oxygen atoms in total. The van der Waals surface area contributed by atoms with Crippen LogP contribution in [0.15, 0.2) is 40.8 Å². The molecule has 0 spiro atoms. The fourth-order valence-electron chi connectivity index (χ4n) is 1.72. The Morgan fingerprint density at radius 2 is 2.00 bits per heavy atom. The van der Waals surface area contributed by atoms with E-state index in [-0.39, 0.29) is 0 Å². The second kappa shape index (κ2) is 5.13. The van der Waals surface area contributed by atoms with Crippen LogP contribution in [0.2, 0.25) is 5.02 Å². The van der Waals surface area contributed by atoms with Crippen LogP contribution in [0.3, 0.4) is 0 Å². The summed E-state index contributed by atoms with van der Waals surface area (Å²) in [5.74, 6) is 0. The van der Waals surface area contributed by atoms with Crippen molar-refractivity contribution in [3.63, 3.8) is 0 Å². The van der Waals surface area contributed by atoms with E-state index in [0.717, 1.165) is 24.4 Å². The van der Waals surface area contributed by atoms with Crippen molar-refractivity contribution in [3.05, 3.63) is 40.9 Å². The van der Waals surface area contributed by atoms with Gasteiger partial charge in [-0.2, -0.15) is 0 Å². The number of hydrogen-bond acceptors (Lipinski definition) is 1. The Hall–Kier alpha value is -0.640. The van der Waals surface area contributed by atoms with Gasteiger partial charge in [0.1, 0.15) is 11.0 Å². The maximum Gasteiger partial charge on any atom is 0.127 e. The molecule has 4 heteroatoms. The monoisotopic (exact) mass is 255 g/mol. The van der Waals surface area contributed by atoms with E-state index in [4.69, 9.17) is 11.6 Å². The van der Waals surface area contributed by atoms with E-state index in [2.05, 4.69) is 13.0 Å². The first-order valence-corrected chi connectivity index (χ1v) is 6.73. The quantitative estimate of drug-likeness (QED) is 0.744. The minimum Gasteiger partial charge on any atom is -0.237 e. The zero-order valence-corrected chi connectivity index (χ0v) is 10.7. The molecule has 1 unspecified atom stereocenters. The molecule has 1 aliphatic rings. The minimum absolute atomic E-state index is 0.676. The molecule has 1 aliphatic heterocycles. The van der Waals surface area contributed by atoms with Crippen LogP contribution < -0.4 is 0 Å².